The zero-order chi connectivity index (χ0) is 22.1. The average Bonchev–Trinajstić information content (AvgIpc) is 3.12. The van der Waals surface area contributed by atoms with Gasteiger partial charge in [-0.15, -0.1) is 0 Å². The van der Waals surface area contributed by atoms with Crippen molar-refractivity contribution in [2.45, 2.75) is 24.9 Å². The lowest BCUT2D eigenvalue weighted by Crippen LogP contribution is -2.56. The first-order chi connectivity index (χ1) is 15.5. The number of carbonyl (C=O) groups is 1. The molecule has 1 spiro atoms. The van der Waals surface area contributed by atoms with E-state index in [-0.39, 0.29) is 17.5 Å². The molecule has 1 N–H and O–H groups in total. The number of pyridine rings is 1. The number of hydrogen-bond donors (Lipinski definition) is 1. The lowest BCUT2D eigenvalue weighted by atomic mass is 9.85. The number of carbonyl (C=O) groups excluding carboxylic acids is 1. The fourth-order valence-corrected chi connectivity index (χ4v) is 4.74. The van der Waals surface area contributed by atoms with Gasteiger partial charge in [-0.2, -0.15) is 0 Å². The maximum Gasteiger partial charge on any atom is 0.247 e. The van der Waals surface area contributed by atoms with Gasteiger partial charge in [0.1, 0.15) is 17.2 Å². The number of benzene rings is 2. The van der Waals surface area contributed by atoms with Crippen molar-refractivity contribution in [3.05, 3.63) is 84.2 Å². The highest BCUT2D eigenvalue weighted by Crippen LogP contribution is 2.36. The summed E-state index contributed by atoms with van der Waals surface area (Å²) in [5.41, 5.74) is 3.14. The smallest absolute Gasteiger partial charge is 0.247 e. The van der Waals surface area contributed by atoms with Crippen molar-refractivity contribution in [2.75, 3.05) is 24.7 Å². The predicted octanol–water partition coefficient (Wildman–Crippen LogP) is 3.96. The summed E-state index contributed by atoms with van der Waals surface area (Å²) in [6.45, 7) is 2.64. The molecule has 1 aromatic heterocycles. The Labute approximate surface area is 185 Å². The van der Waals surface area contributed by atoms with Crippen molar-refractivity contribution < 1.29 is 13.6 Å². The van der Waals surface area contributed by atoms with Gasteiger partial charge in [0.2, 0.25) is 5.91 Å². The summed E-state index contributed by atoms with van der Waals surface area (Å²) >= 11 is 0. The summed E-state index contributed by atoms with van der Waals surface area (Å²) in [6.07, 6.45) is 3.15. The number of aromatic nitrogens is 1. The molecule has 2 aliphatic rings. The molecule has 0 aliphatic carbocycles. The number of halogens is 2. The molecule has 7 heteroatoms. The summed E-state index contributed by atoms with van der Waals surface area (Å²) in [7, 11) is 0. The van der Waals surface area contributed by atoms with E-state index in [1.807, 2.05) is 12.1 Å². The van der Waals surface area contributed by atoms with Crippen LogP contribution in [0.1, 0.15) is 18.5 Å². The second-order valence-electron chi connectivity index (χ2n) is 8.42. The molecule has 2 aliphatic heterocycles. The molecule has 32 heavy (non-hydrogen) atoms. The Morgan fingerprint density at radius 1 is 0.906 bits per heavy atom. The maximum atomic E-state index is 13.4. The van der Waals surface area contributed by atoms with Gasteiger partial charge >= 0.3 is 0 Å². The number of nitrogens with zero attached hydrogens (tertiary/aromatic N) is 3. The molecule has 0 saturated carbocycles. The van der Waals surface area contributed by atoms with Crippen LogP contribution < -0.4 is 10.2 Å². The third-order valence-corrected chi connectivity index (χ3v) is 6.54. The van der Waals surface area contributed by atoms with E-state index in [1.54, 1.807) is 30.5 Å². The minimum atomic E-state index is -0.599. The number of likely N-dealkylation sites (tertiary alicyclic amines) is 1. The van der Waals surface area contributed by atoms with Gasteiger partial charge in [0, 0.05) is 31.5 Å². The van der Waals surface area contributed by atoms with Crippen LogP contribution in [0.5, 0.6) is 0 Å². The van der Waals surface area contributed by atoms with Crippen molar-refractivity contribution in [1.82, 2.24) is 15.2 Å². The first-order valence-corrected chi connectivity index (χ1v) is 10.8. The molecule has 3 aromatic rings. The molecular formula is C25H24F2N4O. The van der Waals surface area contributed by atoms with E-state index in [4.69, 9.17) is 0 Å². The molecular weight excluding hydrogens is 410 g/mol. The second-order valence-corrected chi connectivity index (χ2v) is 8.42. The average molecular weight is 434 g/mol. The van der Waals surface area contributed by atoms with Gasteiger partial charge in [-0.1, -0.05) is 12.1 Å². The zero-order valence-electron chi connectivity index (χ0n) is 17.6. The highest BCUT2D eigenvalue weighted by atomic mass is 19.1. The van der Waals surface area contributed by atoms with Crippen LogP contribution in [-0.4, -0.2) is 41.1 Å². The van der Waals surface area contributed by atoms with Crippen molar-refractivity contribution in [3.63, 3.8) is 0 Å². The van der Waals surface area contributed by atoms with Crippen molar-refractivity contribution >= 4 is 11.6 Å². The van der Waals surface area contributed by atoms with Crippen LogP contribution in [0.2, 0.25) is 0 Å². The Balaban J connectivity index is 1.28. The third kappa shape index (κ3) is 3.84. The minimum Gasteiger partial charge on any atom is -0.339 e. The van der Waals surface area contributed by atoms with Gasteiger partial charge in [-0.3, -0.25) is 14.7 Å². The molecule has 2 aromatic carbocycles. The number of rotatable bonds is 4. The monoisotopic (exact) mass is 434 g/mol. The molecule has 2 fully saturated rings. The molecule has 3 heterocycles. The van der Waals surface area contributed by atoms with Gasteiger partial charge in [0.25, 0.3) is 0 Å². The Kier molecular flexibility index (Phi) is 5.35. The Morgan fingerprint density at radius 2 is 1.56 bits per heavy atom. The van der Waals surface area contributed by atoms with E-state index >= 15 is 0 Å². The highest BCUT2D eigenvalue weighted by molar-refractivity contribution is 5.93. The molecule has 0 bridgehead atoms. The quantitative estimate of drug-likeness (QED) is 0.676. The van der Waals surface area contributed by atoms with E-state index in [9.17, 15) is 13.6 Å². The topological polar surface area (TPSA) is 48.5 Å². The molecule has 0 unspecified atom stereocenters. The summed E-state index contributed by atoms with van der Waals surface area (Å²) in [4.78, 5) is 21.7. The Hall–Kier alpha value is -3.32. The van der Waals surface area contributed by atoms with Gasteiger partial charge in [-0.05, 0) is 72.5 Å². The Bertz CT molecular complexity index is 1110. The van der Waals surface area contributed by atoms with E-state index in [1.165, 1.54) is 24.3 Å². The van der Waals surface area contributed by atoms with Crippen molar-refractivity contribution in [2.24, 2.45) is 0 Å². The Morgan fingerprint density at radius 3 is 2.25 bits per heavy atom. The van der Waals surface area contributed by atoms with Crippen LogP contribution in [0.25, 0.3) is 11.1 Å². The molecule has 5 rings (SSSR count). The SMILES string of the molecule is O=C1NCN(c2ccc(F)cc2)C12CCN(Cc1cc(-c3ccc(F)cc3)ccn1)CC2. The zero-order valence-corrected chi connectivity index (χ0v) is 17.6. The van der Waals surface area contributed by atoms with Crippen LogP contribution in [-0.2, 0) is 11.3 Å². The first-order valence-electron chi connectivity index (χ1n) is 10.8. The van der Waals surface area contributed by atoms with Crippen LogP contribution >= 0.6 is 0 Å². The number of piperidine rings is 1. The van der Waals surface area contributed by atoms with E-state index in [0.29, 0.717) is 26.1 Å². The molecule has 0 atom stereocenters. The number of anilines is 1. The minimum absolute atomic E-state index is 0.0397. The lowest BCUT2D eigenvalue weighted by Gasteiger charge is -2.43. The summed E-state index contributed by atoms with van der Waals surface area (Å²) in [5.74, 6) is -0.500. The largest absolute Gasteiger partial charge is 0.339 e. The number of hydrogen-bond acceptors (Lipinski definition) is 4. The highest BCUT2D eigenvalue weighted by Gasteiger charge is 2.50. The summed E-state index contributed by atoms with van der Waals surface area (Å²) < 4.78 is 26.6. The van der Waals surface area contributed by atoms with Crippen molar-refractivity contribution in [3.8, 4) is 11.1 Å². The predicted molar refractivity (Wildman–Crippen MR) is 119 cm³/mol. The van der Waals surface area contributed by atoms with Crippen LogP contribution in [0.15, 0.2) is 66.9 Å². The van der Waals surface area contributed by atoms with Crippen LogP contribution in [0.3, 0.4) is 0 Å². The van der Waals surface area contributed by atoms with E-state index in [0.717, 1.165) is 35.6 Å². The van der Waals surface area contributed by atoms with Gasteiger partial charge in [-0.25, -0.2) is 8.78 Å². The molecule has 1 amide bonds. The summed E-state index contributed by atoms with van der Waals surface area (Å²) in [5, 5.41) is 2.97. The fraction of sp³-hybridized carbons (Fsp3) is 0.280. The molecule has 0 radical (unpaired) electrons. The van der Waals surface area contributed by atoms with E-state index in [2.05, 4.69) is 20.1 Å². The number of nitrogens with one attached hydrogen (secondary N) is 1. The van der Waals surface area contributed by atoms with E-state index < -0.39 is 5.54 Å². The molecule has 2 saturated heterocycles. The van der Waals surface area contributed by atoms with Gasteiger partial charge in [0.05, 0.1) is 12.4 Å². The number of amides is 1. The fourth-order valence-electron chi connectivity index (χ4n) is 4.74. The third-order valence-electron chi connectivity index (χ3n) is 6.54. The molecule has 5 nitrogen and oxygen atoms in total. The lowest BCUT2D eigenvalue weighted by molar-refractivity contribution is -0.125. The normalized spacial score (nSPS) is 18.2. The summed E-state index contributed by atoms with van der Waals surface area (Å²) in [6, 6.07) is 16.7. The van der Waals surface area contributed by atoms with Gasteiger partial charge < -0.3 is 10.2 Å². The standard InChI is InChI=1S/C25H24F2N4O/c26-20-3-1-18(2-4-20)19-9-12-28-22(15-19)16-30-13-10-25(11-14-30)24(32)29-17-31(25)23-7-5-21(27)6-8-23/h1-9,12,15H,10-11,13-14,16-17H2,(H,29,32). The van der Waals surface area contributed by atoms with Crippen molar-refractivity contribution in [1.29, 1.82) is 0 Å². The maximum absolute atomic E-state index is 13.4. The first kappa shape index (κ1) is 20.6. The molecule has 164 valence electrons. The van der Waals surface area contributed by atoms with Gasteiger partial charge in [0.15, 0.2) is 0 Å². The second kappa shape index (κ2) is 8.31. The van der Waals surface area contributed by atoms with Crippen LogP contribution in [0.4, 0.5) is 14.5 Å². The van der Waals surface area contributed by atoms with Crippen LogP contribution in [0, 0.1) is 11.6 Å².